The van der Waals surface area contributed by atoms with Crippen LogP contribution in [0.15, 0.2) is 0 Å². The van der Waals surface area contributed by atoms with Crippen molar-refractivity contribution in [2.45, 2.75) is 70.6 Å². The van der Waals surface area contributed by atoms with Gasteiger partial charge in [0, 0.05) is 6.54 Å². The summed E-state index contributed by atoms with van der Waals surface area (Å²) in [6.07, 6.45) is 9.65. The van der Waals surface area contributed by atoms with E-state index in [2.05, 4.69) is 12.2 Å². The van der Waals surface area contributed by atoms with Gasteiger partial charge in [-0.1, -0.05) is 51.9 Å². The summed E-state index contributed by atoms with van der Waals surface area (Å²) >= 11 is 5.96. The molecule has 0 aromatic rings. The highest BCUT2D eigenvalue weighted by atomic mass is 35.5. The van der Waals surface area contributed by atoms with E-state index >= 15 is 0 Å². The number of hydrogen-bond donors (Lipinski definition) is 1. The Morgan fingerprint density at radius 3 is 2.19 bits per heavy atom. The van der Waals surface area contributed by atoms with Crippen molar-refractivity contribution in [2.75, 3.05) is 6.54 Å². The predicted molar refractivity (Wildman–Crippen MR) is 70.9 cm³/mol. The summed E-state index contributed by atoms with van der Waals surface area (Å²) in [7, 11) is 0. The van der Waals surface area contributed by atoms with Crippen LogP contribution in [-0.4, -0.2) is 17.8 Å². The summed E-state index contributed by atoms with van der Waals surface area (Å²) in [5.41, 5.74) is 0. The molecule has 0 aromatic carbocycles. The van der Waals surface area contributed by atoms with Gasteiger partial charge in [-0.2, -0.15) is 0 Å². The molecular weight excluding hydrogens is 222 g/mol. The van der Waals surface area contributed by atoms with E-state index in [1.54, 1.807) is 0 Å². The van der Waals surface area contributed by atoms with Gasteiger partial charge in [0.25, 0.3) is 0 Å². The van der Waals surface area contributed by atoms with Crippen LogP contribution in [-0.2, 0) is 4.79 Å². The maximum absolute atomic E-state index is 11.3. The molecule has 0 radical (unpaired) electrons. The third-order valence-corrected chi connectivity index (χ3v) is 3.11. The molecule has 0 fully saturated rings. The number of amides is 1. The second-order valence-electron chi connectivity index (χ2n) is 4.27. The lowest BCUT2D eigenvalue weighted by Crippen LogP contribution is -2.30. The number of carbonyl (C=O) groups excluding carboxylic acids is 1. The molecule has 1 unspecified atom stereocenters. The first-order valence-electron chi connectivity index (χ1n) is 6.64. The Morgan fingerprint density at radius 1 is 1.06 bits per heavy atom. The minimum Gasteiger partial charge on any atom is -0.355 e. The van der Waals surface area contributed by atoms with Crippen LogP contribution in [0.5, 0.6) is 0 Å². The first kappa shape index (κ1) is 15.8. The van der Waals surface area contributed by atoms with Gasteiger partial charge in [0.05, 0.1) is 0 Å². The monoisotopic (exact) mass is 247 g/mol. The van der Waals surface area contributed by atoms with Gasteiger partial charge in [-0.15, -0.1) is 11.6 Å². The highest BCUT2D eigenvalue weighted by Crippen LogP contribution is 2.12. The number of nitrogens with one attached hydrogen (secondary N) is 1. The minimum atomic E-state index is -0.337. The molecule has 1 N–H and O–H groups in total. The molecule has 96 valence electrons. The lowest BCUT2D eigenvalue weighted by atomic mass is 10.1. The summed E-state index contributed by atoms with van der Waals surface area (Å²) in [5.74, 6) is -0.0184. The van der Waals surface area contributed by atoms with E-state index in [9.17, 15) is 4.79 Å². The van der Waals surface area contributed by atoms with Crippen molar-refractivity contribution < 1.29 is 4.79 Å². The molecule has 0 aromatic heterocycles. The average molecular weight is 248 g/mol. The predicted octanol–water partition coefficient (Wildman–Crippen LogP) is 3.87. The fourth-order valence-electron chi connectivity index (χ4n) is 1.70. The van der Waals surface area contributed by atoms with E-state index in [0.717, 1.165) is 12.8 Å². The third kappa shape index (κ3) is 9.02. The molecule has 0 aliphatic carbocycles. The van der Waals surface area contributed by atoms with Crippen LogP contribution in [0.4, 0.5) is 0 Å². The molecule has 0 heterocycles. The van der Waals surface area contributed by atoms with Crippen LogP contribution >= 0.6 is 11.6 Å². The molecule has 0 aliphatic heterocycles. The molecular formula is C13H26ClNO. The maximum Gasteiger partial charge on any atom is 0.238 e. The fraction of sp³-hybridized carbons (Fsp3) is 0.923. The van der Waals surface area contributed by atoms with Gasteiger partial charge in [-0.05, 0) is 13.3 Å². The first-order chi connectivity index (χ1) is 7.72. The molecule has 2 nitrogen and oxygen atoms in total. The highest BCUT2D eigenvalue weighted by Gasteiger charge is 2.12. The molecule has 1 amide bonds. The molecule has 16 heavy (non-hydrogen) atoms. The Kier molecular flexibility index (Phi) is 11.1. The fourth-order valence-corrected chi connectivity index (χ4v) is 1.93. The van der Waals surface area contributed by atoms with Crippen molar-refractivity contribution in [3.05, 3.63) is 0 Å². The number of hydrogen-bond acceptors (Lipinski definition) is 1. The van der Waals surface area contributed by atoms with E-state index in [1.165, 1.54) is 38.5 Å². The first-order valence-corrected chi connectivity index (χ1v) is 7.07. The molecule has 3 heteroatoms. The zero-order chi connectivity index (χ0) is 12.2. The second kappa shape index (κ2) is 11.3. The smallest absolute Gasteiger partial charge is 0.238 e. The normalized spacial score (nSPS) is 12.4. The van der Waals surface area contributed by atoms with Crippen molar-refractivity contribution in [1.82, 2.24) is 5.32 Å². The molecule has 1 atom stereocenters. The Labute approximate surface area is 105 Å². The number of unbranched alkanes of at least 4 members (excludes halogenated alkanes) is 6. The van der Waals surface area contributed by atoms with Gasteiger partial charge >= 0.3 is 0 Å². The zero-order valence-corrected chi connectivity index (χ0v) is 11.5. The molecule has 0 saturated carbocycles. The van der Waals surface area contributed by atoms with Crippen molar-refractivity contribution in [1.29, 1.82) is 0 Å². The van der Waals surface area contributed by atoms with E-state index in [0.29, 0.717) is 6.54 Å². The topological polar surface area (TPSA) is 29.1 Å². The molecule has 0 aliphatic rings. The van der Waals surface area contributed by atoms with Crippen LogP contribution < -0.4 is 5.32 Å². The lowest BCUT2D eigenvalue weighted by molar-refractivity contribution is -0.120. The van der Waals surface area contributed by atoms with Gasteiger partial charge in [0.1, 0.15) is 5.38 Å². The van der Waals surface area contributed by atoms with Crippen LogP contribution in [0.1, 0.15) is 65.2 Å². The summed E-state index contributed by atoms with van der Waals surface area (Å²) in [6.45, 7) is 4.80. The van der Waals surface area contributed by atoms with E-state index < -0.39 is 0 Å². The summed E-state index contributed by atoms with van der Waals surface area (Å²) < 4.78 is 0. The van der Waals surface area contributed by atoms with Crippen LogP contribution in [0, 0.1) is 0 Å². The Bertz CT molecular complexity index is 173. The number of halogens is 1. The van der Waals surface area contributed by atoms with Gasteiger partial charge in [-0.25, -0.2) is 0 Å². The molecule has 0 spiro atoms. The van der Waals surface area contributed by atoms with E-state index in [4.69, 9.17) is 11.6 Å². The van der Waals surface area contributed by atoms with Crippen molar-refractivity contribution in [3.63, 3.8) is 0 Å². The number of rotatable bonds is 10. The Morgan fingerprint density at radius 2 is 1.62 bits per heavy atom. The lowest BCUT2D eigenvalue weighted by Gasteiger charge is -2.08. The van der Waals surface area contributed by atoms with E-state index in [1.807, 2.05) is 6.92 Å². The standard InChI is InChI=1S/C13H26ClNO/c1-3-5-6-7-8-9-10-11-12(14)13(16)15-4-2/h12H,3-11H2,1-2H3,(H,15,16). The van der Waals surface area contributed by atoms with E-state index in [-0.39, 0.29) is 11.3 Å². The minimum absolute atomic E-state index is 0.0184. The van der Waals surface area contributed by atoms with Crippen LogP contribution in [0.2, 0.25) is 0 Å². The zero-order valence-electron chi connectivity index (χ0n) is 10.7. The number of alkyl halides is 1. The van der Waals surface area contributed by atoms with Gasteiger partial charge in [-0.3, -0.25) is 4.79 Å². The van der Waals surface area contributed by atoms with Crippen LogP contribution in [0.25, 0.3) is 0 Å². The Hall–Kier alpha value is -0.240. The third-order valence-electron chi connectivity index (χ3n) is 2.70. The second-order valence-corrected chi connectivity index (χ2v) is 4.80. The molecule has 0 saturated heterocycles. The maximum atomic E-state index is 11.3. The summed E-state index contributed by atoms with van der Waals surface area (Å²) in [4.78, 5) is 11.3. The SMILES string of the molecule is CCCCCCCCCC(Cl)C(=O)NCC. The summed E-state index contributed by atoms with van der Waals surface area (Å²) in [5, 5.41) is 2.41. The highest BCUT2D eigenvalue weighted by molar-refractivity contribution is 6.30. The Balaban J connectivity index is 3.27. The molecule has 0 bridgehead atoms. The van der Waals surface area contributed by atoms with Gasteiger partial charge in [0.15, 0.2) is 0 Å². The average Bonchev–Trinajstić information content (AvgIpc) is 2.28. The van der Waals surface area contributed by atoms with Gasteiger partial charge in [0.2, 0.25) is 5.91 Å². The number of carbonyl (C=O) groups is 1. The van der Waals surface area contributed by atoms with Crippen LogP contribution in [0.3, 0.4) is 0 Å². The quantitative estimate of drug-likeness (QED) is 0.461. The van der Waals surface area contributed by atoms with Gasteiger partial charge < -0.3 is 5.32 Å². The largest absolute Gasteiger partial charge is 0.355 e. The van der Waals surface area contributed by atoms with Crippen molar-refractivity contribution in [2.24, 2.45) is 0 Å². The molecule has 0 rings (SSSR count). The van der Waals surface area contributed by atoms with Crippen molar-refractivity contribution >= 4 is 17.5 Å². The summed E-state index contributed by atoms with van der Waals surface area (Å²) in [6, 6.07) is 0. The van der Waals surface area contributed by atoms with Crippen molar-refractivity contribution in [3.8, 4) is 0 Å².